The second kappa shape index (κ2) is 9.22. The Morgan fingerprint density at radius 2 is 1.06 bits per heavy atom. The number of halogens is 2. The van der Waals surface area contributed by atoms with Crippen LogP contribution in [0.3, 0.4) is 0 Å². The van der Waals surface area contributed by atoms with Crippen LogP contribution in [0, 0.1) is 39.9 Å². The SMILES string of the molecule is CCC1CCC(C2(C3CCC(CC)CC3)CCCC[C@]23CC2(CCCCC2)C3(Cl)Cl)CC1. The Hall–Kier alpha value is 0.580. The summed E-state index contributed by atoms with van der Waals surface area (Å²) in [6.45, 7) is 4.83. The molecule has 0 heterocycles. The van der Waals surface area contributed by atoms with Crippen molar-refractivity contribution in [1.29, 1.82) is 0 Å². The summed E-state index contributed by atoms with van der Waals surface area (Å²) in [6.07, 6.45) is 28.1. The predicted molar refractivity (Wildman–Crippen MR) is 139 cm³/mol. The van der Waals surface area contributed by atoms with Gasteiger partial charge < -0.3 is 0 Å². The molecule has 2 spiro atoms. The van der Waals surface area contributed by atoms with Crippen LogP contribution in [-0.2, 0) is 0 Å². The molecule has 5 rings (SSSR count). The standard InChI is InChI=1S/C30H50Cl2/c1-3-23-10-14-25(15-11-23)29(26-16-12-24(4-2)13-17-26)21-9-8-20-28(29)22-27(30(28,31)32)18-6-5-7-19-27/h23-26H,3-22H2,1-2H3/t23?,24?,25?,26?,28-,29?/m0/s1. The van der Waals surface area contributed by atoms with Crippen LogP contribution < -0.4 is 0 Å². The van der Waals surface area contributed by atoms with Gasteiger partial charge in [-0.3, -0.25) is 0 Å². The minimum Gasteiger partial charge on any atom is -0.100 e. The second-order valence-corrected chi connectivity index (χ2v) is 14.5. The zero-order valence-corrected chi connectivity index (χ0v) is 22.7. The van der Waals surface area contributed by atoms with Gasteiger partial charge in [-0.1, -0.05) is 84.5 Å². The van der Waals surface area contributed by atoms with E-state index in [2.05, 4.69) is 13.8 Å². The molecule has 5 fully saturated rings. The number of hydrogen-bond donors (Lipinski definition) is 0. The van der Waals surface area contributed by atoms with E-state index in [9.17, 15) is 0 Å². The van der Waals surface area contributed by atoms with Crippen molar-refractivity contribution in [2.45, 2.75) is 147 Å². The van der Waals surface area contributed by atoms with E-state index in [4.69, 9.17) is 23.2 Å². The largest absolute Gasteiger partial charge is 0.130 e. The molecule has 0 unspecified atom stereocenters. The third kappa shape index (κ3) is 3.41. The van der Waals surface area contributed by atoms with Crippen molar-refractivity contribution in [2.75, 3.05) is 0 Å². The first-order chi connectivity index (χ1) is 15.4. The summed E-state index contributed by atoms with van der Waals surface area (Å²) in [6, 6.07) is 0. The fourth-order valence-electron chi connectivity index (χ4n) is 10.6. The van der Waals surface area contributed by atoms with Crippen LogP contribution in [0.4, 0.5) is 0 Å². The summed E-state index contributed by atoms with van der Waals surface area (Å²) < 4.78 is -0.482. The minimum atomic E-state index is -0.482. The fourth-order valence-corrected chi connectivity index (χ4v) is 11.8. The van der Waals surface area contributed by atoms with Crippen LogP contribution >= 0.6 is 23.2 Å². The summed E-state index contributed by atoms with van der Waals surface area (Å²) in [5, 5.41) is 0. The van der Waals surface area contributed by atoms with Crippen molar-refractivity contribution in [1.82, 2.24) is 0 Å². The van der Waals surface area contributed by atoms with Gasteiger partial charge >= 0.3 is 0 Å². The van der Waals surface area contributed by atoms with E-state index in [0.29, 0.717) is 5.41 Å². The Morgan fingerprint density at radius 1 is 0.594 bits per heavy atom. The molecule has 5 saturated carbocycles. The molecule has 5 aliphatic carbocycles. The molecule has 184 valence electrons. The van der Waals surface area contributed by atoms with Crippen LogP contribution in [0.5, 0.6) is 0 Å². The topological polar surface area (TPSA) is 0 Å². The Labute approximate surface area is 209 Å². The quantitative estimate of drug-likeness (QED) is 0.350. The molecular weight excluding hydrogens is 431 g/mol. The van der Waals surface area contributed by atoms with Crippen molar-refractivity contribution >= 4 is 23.2 Å². The van der Waals surface area contributed by atoms with Crippen LogP contribution in [0.1, 0.15) is 142 Å². The summed E-state index contributed by atoms with van der Waals surface area (Å²) in [5.74, 6) is 3.71. The summed E-state index contributed by atoms with van der Waals surface area (Å²) in [7, 11) is 0. The normalized spacial score (nSPS) is 46.1. The zero-order valence-electron chi connectivity index (χ0n) is 21.2. The molecule has 0 aromatic rings. The van der Waals surface area contributed by atoms with Gasteiger partial charge in [0.1, 0.15) is 4.33 Å². The maximum absolute atomic E-state index is 7.78. The van der Waals surface area contributed by atoms with Gasteiger partial charge in [-0.25, -0.2) is 0 Å². The highest BCUT2D eigenvalue weighted by atomic mass is 35.5. The third-order valence-electron chi connectivity index (χ3n) is 12.4. The molecule has 0 N–H and O–H groups in total. The molecule has 0 aromatic heterocycles. The van der Waals surface area contributed by atoms with Crippen LogP contribution in [0.2, 0.25) is 0 Å². The third-order valence-corrected chi connectivity index (χ3v) is 13.9. The molecule has 0 nitrogen and oxygen atoms in total. The van der Waals surface area contributed by atoms with E-state index in [1.165, 1.54) is 128 Å². The van der Waals surface area contributed by atoms with Gasteiger partial charge in [-0.05, 0) is 86.9 Å². The van der Waals surface area contributed by atoms with Crippen molar-refractivity contribution in [3.05, 3.63) is 0 Å². The molecule has 5 aliphatic rings. The Morgan fingerprint density at radius 3 is 1.53 bits per heavy atom. The molecule has 0 amide bonds. The summed E-state index contributed by atoms with van der Waals surface area (Å²) >= 11 is 15.6. The zero-order chi connectivity index (χ0) is 22.5. The summed E-state index contributed by atoms with van der Waals surface area (Å²) in [5.41, 5.74) is 0.860. The lowest BCUT2D eigenvalue weighted by molar-refractivity contribution is -0.236. The highest BCUT2D eigenvalue weighted by Crippen LogP contribution is 2.83. The Bertz CT molecular complexity index is 607. The molecule has 2 heteroatoms. The van der Waals surface area contributed by atoms with Crippen molar-refractivity contribution in [3.63, 3.8) is 0 Å². The summed E-state index contributed by atoms with van der Waals surface area (Å²) in [4.78, 5) is 0. The Balaban J connectivity index is 1.52. The van der Waals surface area contributed by atoms with Gasteiger partial charge in [-0.15, -0.1) is 23.2 Å². The van der Waals surface area contributed by atoms with E-state index in [1.807, 2.05) is 0 Å². The average molecular weight is 482 g/mol. The van der Waals surface area contributed by atoms with Gasteiger partial charge in [0, 0.05) is 10.8 Å². The lowest BCUT2D eigenvalue weighted by Gasteiger charge is -2.77. The maximum Gasteiger partial charge on any atom is 0.130 e. The van der Waals surface area contributed by atoms with E-state index < -0.39 is 4.33 Å². The van der Waals surface area contributed by atoms with Crippen LogP contribution in [0.25, 0.3) is 0 Å². The van der Waals surface area contributed by atoms with Crippen molar-refractivity contribution in [3.8, 4) is 0 Å². The van der Waals surface area contributed by atoms with E-state index >= 15 is 0 Å². The lowest BCUT2D eigenvalue weighted by Crippen LogP contribution is -2.74. The van der Waals surface area contributed by atoms with Gasteiger partial charge in [0.15, 0.2) is 0 Å². The fraction of sp³-hybridized carbons (Fsp3) is 1.00. The molecular formula is C30H50Cl2. The van der Waals surface area contributed by atoms with Crippen molar-refractivity contribution < 1.29 is 0 Å². The van der Waals surface area contributed by atoms with Gasteiger partial charge in [0.05, 0.1) is 0 Å². The van der Waals surface area contributed by atoms with Gasteiger partial charge in [-0.2, -0.15) is 0 Å². The second-order valence-electron chi connectivity index (χ2n) is 13.2. The first kappa shape index (κ1) is 24.3. The average Bonchev–Trinajstić information content (AvgIpc) is 2.85. The van der Waals surface area contributed by atoms with Gasteiger partial charge in [0.25, 0.3) is 0 Å². The van der Waals surface area contributed by atoms with Gasteiger partial charge in [0.2, 0.25) is 0 Å². The molecule has 32 heavy (non-hydrogen) atoms. The molecule has 0 saturated heterocycles. The van der Waals surface area contributed by atoms with E-state index in [0.717, 1.165) is 23.7 Å². The Kier molecular flexibility index (Phi) is 7.00. The lowest BCUT2D eigenvalue weighted by atomic mass is 9.32. The highest BCUT2D eigenvalue weighted by Gasteiger charge is 2.79. The van der Waals surface area contributed by atoms with Crippen LogP contribution in [-0.4, -0.2) is 4.33 Å². The highest BCUT2D eigenvalue weighted by molar-refractivity contribution is 6.50. The minimum absolute atomic E-state index is 0.201. The van der Waals surface area contributed by atoms with E-state index in [1.54, 1.807) is 0 Å². The molecule has 1 atom stereocenters. The number of rotatable bonds is 4. The first-order valence-corrected chi connectivity index (χ1v) is 15.6. The molecule has 0 radical (unpaired) electrons. The van der Waals surface area contributed by atoms with E-state index in [-0.39, 0.29) is 10.8 Å². The maximum atomic E-state index is 7.78. The molecule has 0 aliphatic heterocycles. The smallest absolute Gasteiger partial charge is 0.100 e. The molecule has 0 bridgehead atoms. The first-order valence-electron chi connectivity index (χ1n) is 14.8. The number of hydrogen-bond acceptors (Lipinski definition) is 0. The number of alkyl halides is 2. The molecule has 0 aromatic carbocycles. The van der Waals surface area contributed by atoms with Crippen molar-refractivity contribution in [2.24, 2.45) is 39.9 Å². The predicted octanol–water partition coefficient (Wildman–Crippen LogP) is 10.5. The van der Waals surface area contributed by atoms with Crippen LogP contribution in [0.15, 0.2) is 0 Å². The monoisotopic (exact) mass is 480 g/mol.